The first-order valence-electron chi connectivity index (χ1n) is 7.31. The van der Waals surface area contributed by atoms with Gasteiger partial charge in [-0.3, -0.25) is 0 Å². The van der Waals surface area contributed by atoms with E-state index in [1.54, 1.807) is 17.8 Å². The molecular formula is C19H17NO2S. The predicted octanol–water partition coefficient (Wildman–Crippen LogP) is 4.37. The van der Waals surface area contributed by atoms with E-state index in [1.807, 2.05) is 62.6 Å². The van der Waals surface area contributed by atoms with Crippen LogP contribution >= 0.6 is 11.8 Å². The van der Waals surface area contributed by atoms with Crippen LogP contribution in [-0.4, -0.2) is 18.1 Å². The Balaban J connectivity index is 1.90. The zero-order valence-corrected chi connectivity index (χ0v) is 14.1. The summed E-state index contributed by atoms with van der Waals surface area (Å²) in [5, 5.41) is 0. The number of thioether (sulfide) groups is 1. The molecule has 0 amide bonds. The molecule has 0 N–H and O–H groups in total. The number of nitrogens with zero attached hydrogens (tertiary/aromatic N) is 1. The van der Waals surface area contributed by atoms with Gasteiger partial charge in [0, 0.05) is 10.5 Å². The summed E-state index contributed by atoms with van der Waals surface area (Å²) in [7, 11) is 0. The Labute approximate surface area is 140 Å². The Bertz CT molecular complexity index is 820. The lowest BCUT2D eigenvalue weighted by atomic mass is 10.1. The fraction of sp³-hybridized carbons (Fsp3) is 0.158. The number of cyclic esters (lactones) is 1. The maximum Gasteiger partial charge on any atom is 0.363 e. The lowest BCUT2D eigenvalue weighted by molar-refractivity contribution is -0.129. The summed E-state index contributed by atoms with van der Waals surface area (Å²) in [6.45, 7) is 4.07. The van der Waals surface area contributed by atoms with E-state index < -0.39 is 5.97 Å². The number of carbonyl (C=O) groups excluding carboxylic acids is 1. The van der Waals surface area contributed by atoms with Gasteiger partial charge in [-0.05, 0) is 67.1 Å². The predicted molar refractivity (Wildman–Crippen MR) is 94.7 cm³/mol. The standard InChI is InChI=1S/C19H17NO2S/c1-12-4-7-15(10-13(12)2)18-20-17(19(21)22-18)11-14-5-8-16(23-3)9-6-14/h4-11H,1-3H3. The van der Waals surface area contributed by atoms with Gasteiger partial charge in [0.25, 0.3) is 0 Å². The molecule has 0 saturated heterocycles. The molecule has 0 spiro atoms. The van der Waals surface area contributed by atoms with Crippen molar-refractivity contribution in [3.05, 3.63) is 70.4 Å². The molecule has 0 saturated carbocycles. The molecule has 1 heterocycles. The molecule has 3 rings (SSSR count). The average Bonchev–Trinajstić information content (AvgIpc) is 2.92. The van der Waals surface area contributed by atoms with Crippen LogP contribution in [0.3, 0.4) is 0 Å². The molecule has 4 heteroatoms. The fourth-order valence-electron chi connectivity index (χ4n) is 2.27. The Morgan fingerprint density at radius 3 is 2.43 bits per heavy atom. The fourth-order valence-corrected chi connectivity index (χ4v) is 2.67. The third-order valence-corrected chi connectivity index (χ3v) is 4.54. The highest BCUT2D eigenvalue weighted by molar-refractivity contribution is 7.98. The number of benzene rings is 2. The van der Waals surface area contributed by atoms with E-state index in [9.17, 15) is 4.79 Å². The molecule has 0 radical (unpaired) electrons. The minimum atomic E-state index is -0.410. The second-order valence-corrected chi connectivity index (χ2v) is 6.29. The summed E-state index contributed by atoms with van der Waals surface area (Å²) < 4.78 is 5.31. The zero-order chi connectivity index (χ0) is 16.4. The molecule has 1 aliphatic rings. The van der Waals surface area contributed by atoms with Crippen molar-refractivity contribution in [1.82, 2.24) is 0 Å². The molecule has 0 aromatic heterocycles. The van der Waals surface area contributed by atoms with Gasteiger partial charge in [0.2, 0.25) is 5.90 Å². The minimum Gasteiger partial charge on any atom is -0.402 e. The second-order valence-electron chi connectivity index (χ2n) is 5.41. The number of carbonyl (C=O) groups is 1. The maximum atomic E-state index is 12.0. The zero-order valence-electron chi connectivity index (χ0n) is 13.3. The van der Waals surface area contributed by atoms with Crippen molar-refractivity contribution >= 4 is 29.7 Å². The SMILES string of the molecule is CSc1ccc(C=C2N=C(c3ccc(C)c(C)c3)OC2=O)cc1. The van der Waals surface area contributed by atoms with Crippen molar-refractivity contribution in [1.29, 1.82) is 0 Å². The summed E-state index contributed by atoms with van der Waals surface area (Å²) in [4.78, 5) is 17.6. The minimum absolute atomic E-state index is 0.329. The first-order valence-corrected chi connectivity index (χ1v) is 8.53. The van der Waals surface area contributed by atoms with Gasteiger partial charge in [0.15, 0.2) is 5.70 Å². The van der Waals surface area contributed by atoms with Gasteiger partial charge < -0.3 is 4.74 Å². The Kier molecular flexibility index (Phi) is 4.35. The summed E-state index contributed by atoms with van der Waals surface area (Å²) in [5.41, 5.74) is 4.42. The maximum absolute atomic E-state index is 12.0. The van der Waals surface area contributed by atoms with Crippen molar-refractivity contribution < 1.29 is 9.53 Å². The van der Waals surface area contributed by atoms with Crippen LogP contribution in [0.25, 0.3) is 6.08 Å². The first-order chi connectivity index (χ1) is 11.1. The van der Waals surface area contributed by atoms with Crippen molar-refractivity contribution in [2.75, 3.05) is 6.26 Å². The molecule has 0 aliphatic carbocycles. The topological polar surface area (TPSA) is 38.7 Å². The Hall–Kier alpha value is -2.33. The van der Waals surface area contributed by atoms with Crippen LogP contribution in [0.15, 0.2) is 58.0 Å². The Morgan fingerprint density at radius 2 is 1.78 bits per heavy atom. The molecule has 0 unspecified atom stereocenters. The number of hydrogen-bond donors (Lipinski definition) is 0. The van der Waals surface area contributed by atoms with E-state index >= 15 is 0 Å². The normalized spacial score (nSPS) is 15.7. The number of aliphatic imine (C=N–C) groups is 1. The molecule has 0 atom stereocenters. The highest BCUT2D eigenvalue weighted by Gasteiger charge is 2.24. The van der Waals surface area contributed by atoms with Crippen LogP contribution in [-0.2, 0) is 9.53 Å². The van der Waals surface area contributed by atoms with Crippen molar-refractivity contribution in [3.8, 4) is 0 Å². The smallest absolute Gasteiger partial charge is 0.363 e. The van der Waals surface area contributed by atoms with Crippen molar-refractivity contribution in [2.45, 2.75) is 18.7 Å². The van der Waals surface area contributed by atoms with E-state index in [2.05, 4.69) is 4.99 Å². The summed E-state index contributed by atoms with van der Waals surface area (Å²) in [5.74, 6) is -0.0442. The van der Waals surface area contributed by atoms with Gasteiger partial charge in [-0.25, -0.2) is 9.79 Å². The number of hydrogen-bond acceptors (Lipinski definition) is 4. The molecule has 23 heavy (non-hydrogen) atoms. The van der Waals surface area contributed by atoms with Crippen LogP contribution in [0.2, 0.25) is 0 Å². The third kappa shape index (κ3) is 3.37. The molecule has 1 aliphatic heterocycles. The lowest BCUT2D eigenvalue weighted by Gasteiger charge is -2.03. The van der Waals surface area contributed by atoms with Gasteiger partial charge in [-0.1, -0.05) is 18.2 Å². The number of ether oxygens (including phenoxy) is 1. The monoisotopic (exact) mass is 323 g/mol. The molecule has 0 bridgehead atoms. The van der Waals surface area contributed by atoms with Crippen LogP contribution in [0.4, 0.5) is 0 Å². The quantitative estimate of drug-likeness (QED) is 0.478. The molecule has 116 valence electrons. The van der Waals surface area contributed by atoms with Crippen LogP contribution < -0.4 is 0 Å². The molecular weight excluding hydrogens is 306 g/mol. The highest BCUT2D eigenvalue weighted by atomic mass is 32.2. The molecule has 3 nitrogen and oxygen atoms in total. The summed E-state index contributed by atoms with van der Waals surface area (Å²) in [6.07, 6.45) is 3.78. The summed E-state index contributed by atoms with van der Waals surface area (Å²) in [6, 6.07) is 13.9. The van der Waals surface area contributed by atoms with Crippen LogP contribution in [0.1, 0.15) is 22.3 Å². The van der Waals surface area contributed by atoms with E-state index in [1.165, 1.54) is 10.5 Å². The van der Waals surface area contributed by atoms with E-state index in [0.717, 1.165) is 16.7 Å². The average molecular weight is 323 g/mol. The van der Waals surface area contributed by atoms with Crippen molar-refractivity contribution in [3.63, 3.8) is 0 Å². The van der Waals surface area contributed by atoms with Crippen LogP contribution in [0, 0.1) is 13.8 Å². The molecule has 0 fully saturated rings. The van der Waals surface area contributed by atoms with E-state index in [-0.39, 0.29) is 0 Å². The van der Waals surface area contributed by atoms with Gasteiger partial charge in [-0.15, -0.1) is 11.8 Å². The third-order valence-electron chi connectivity index (χ3n) is 3.79. The Morgan fingerprint density at radius 1 is 1.04 bits per heavy atom. The molecule has 2 aromatic rings. The van der Waals surface area contributed by atoms with Gasteiger partial charge >= 0.3 is 5.97 Å². The second kappa shape index (κ2) is 6.42. The number of rotatable bonds is 3. The molecule has 2 aromatic carbocycles. The van der Waals surface area contributed by atoms with Crippen LogP contribution in [0.5, 0.6) is 0 Å². The van der Waals surface area contributed by atoms with Gasteiger partial charge in [0.05, 0.1) is 0 Å². The van der Waals surface area contributed by atoms with Crippen molar-refractivity contribution in [2.24, 2.45) is 4.99 Å². The van der Waals surface area contributed by atoms with Gasteiger partial charge in [0.1, 0.15) is 0 Å². The number of aryl methyl sites for hydroxylation is 2. The van der Waals surface area contributed by atoms with E-state index in [0.29, 0.717) is 11.6 Å². The lowest BCUT2D eigenvalue weighted by Crippen LogP contribution is -2.05. The first kappa shape index (κ1) is 15.6. The van der Waals surface area contributed by atoms with Gasteiger partial charge in [-0.2, -0.15) is 0 Å². The highest BCUT2D eigenvalue weighted by Crippen LogP contribution is 2.22. The largest absolute Gasteiger partial charge is 0.402 e. The summed E-state index contributed by atoms with van der Waals surface area (Å²) >= 11 is 1.68. The number of esters is 1. The van der Waals surface area contributed by atoms with E-state index in [4.69, 9.17) is 4.74 Å².